The molecular weight excluding hydrogens is 330 g/mol. The van der Waals surface area contributed by atoms with Crippen molar-refractivity contribution in [3.8, 4) is 11.3 Å². The van der Waals surface area contributed by atoms with Gasteiger partial charge in [0.1, 0.15) is 5.69 Å². The van der Waals surface area contributed by atoms with Gasteiger partial charge in [-0.25, -0.2) is 9.48 Å². The Labute approximate surface area is 142 Å². The van der Waals surface area contributed by atoms with Crippen LogP contribution in [0.5, 0.6) is 0 Å². The summed E-state index contributed by atoms with van der Waals surface area (Å²) in [7, 11) is 0. The molecule has 1 aromatic heterocycles. The van der Waals surface area contributed by atoms with Gasteiger partial charge in [0.05, 0.1) is 24.9 Å². The van der Waals surface area contributed by atoms with Crippen molar-refractivity contribution < 1.29 is 15.0 Å². The molecule has 0 aliphatic carbocycles. The molecule has 0 aliphatic rings. The summed E-state index contributed by atoms with van der Waals surface area (Å²) >= 11 is 6.01. The van der Waals surface area contributed by atoms with E-state index in [1.54, 1.807) is 41.2 Å². The number of aliphatic hydroxyl groups excluding tert-OH is 1. The molecule has 0 unspecified atom stereocenters. The Morgan fingerprint density at radius 2 is 1.88 bits per heavy atom. The number of carboxylic acids is 1. The molecule has 3 rings (SSSR count). The maximum atomic E-state index is 10.9. The van der Waals surface area contributed by atoms with Crippen molar-refractivity contribution in [2.75, 3.05) is 0 Å². The predicted octanol–water partition coefficient (Wildman–Crippen LogP) is 2.84. The molecule has 24 heavy (non-hydrogen) atoms. The summed E-state index contributed by atoms with van der Waals surface area (Å²) in [5.41, 5.74) is 3.28. The Hall–Kier alpha value is -2.70. The van der Waals surface area contributed by atoms with Gasteiger partial charge >= 0.3 is 5.97 Å². The molecule has 2 aromatic carbocycles. The highest BCUT2D eigenvalue weighted by Gasteiger charge is 2.09. The van der Waals surface area contributed by atoms with E-state index >= 15 is 0 Å². The van der Waals surface area contributed by atoms with Gasteiger partial charge in [0.25, 0.3) is 0 Å². The second-order valence-corrected chi connectivity index (χ2v) is 5.69. The van der Waals surface area contributed by atoms with E-state index in [1.807, 2.05) is 0 Å². The van der Waals surface area contributed by atoms with Gasteiger partial charge in [-0.15, -0.1) is 5.10 Å². The number of carboxylic acid groups (broad SMARTS) is 1. The Morgan fingerprint density at radius 3 is 2.54 bits per heavy atom. The lowest BCUT2D eigenvalue weighted by Crippen LogP contribution is -2.04. The van der Waals surface area contributed by atoms with Crippen LogP contribution in [0.25, 0.3) is 11.3 Å². The van der Waals surface area contributed by atoms with Crippen LogP contribution >= 0.6 is 11.6 Å². The third kappa shape index (κ3) is 3.45. The SMILES string of the molecule is O=C(O)c1ccc(-c2cn(Cc3cc(Cl)ccc3CO)nn2)cc1. The molecule has 0 amide bonds. The van der Waals surface area contributed by atoms with Crippen LogP contribution < -0.4 is 0 Å². The van der Waals surface area contributed by atoms with Gasteiger partial charge < -0.3 is 10.2 Å². The molecule has 0 saturated carbocycles. The summed E-state index contributed by atoms with van der Waals surface area (Å²) in [4.78, 5) is 10.9. The van der Waals surface area contributed by atoms with Crippen LogP contribution in [-0.4, -0.2) is 31.2 Å². The minimum absolute atomic E-state index is 0.0787. The summed E-state index contributed by atoms with van der Waals surface area (Å²) < 4.78 is 1.64. The van der Waals surface area contributed by atoms with E-state index in [0.29, 0.717) is 17.3 Å². The number of aliphatic hydroxyl groups is 1. The Balaban J connectivity index is 1.83. The zero-order valence-corrected chi connectivity index (χ0v) is 13.3. The van der Waals surface area contributed by atoms with Gasteiger partial charge in [-0.1, -0.05) is 35.0 Å². The molecular formula is C17H14ClN3O3. The fourth-order valence-corrected chi connectivity index (χ4v) is 2.56. The minimum atomic E-state index is -0.970. The lowest BCUT2D eigenvalue weighted by atomic mass is 10.1. The van der Waals surface area contributed by atoms with Gasteiger partial charge in [-0.2, -0.15) is 0 Å². The minimum Gasteiger partial charge on any atom is -0.478 e. The van der Waals surface area contributed by atoms with E-state index in [0.717, 1.165) is 16.7 Å². The molecule has 0 bridgehead atoms. The van der Waals surface area contributed by atoms with Crippen LogP contribution in [0.3, 0.4) is 0 Å². The predicted molar refractivity (Wildman–Crippen MR) is 88.9 cm³/mol. The van der Waals surface area contributed by atoms with Gasteiger partial charge in [0.2, 0.25) is 0 Å². The first-order valence-electron chi connectivity index (χ1n) is 7.19. The summed E-state index contributed by atoms with van der Waals surface area (Å²) in [6.45, 7) is 0.349. The highest BCUT2D eigenvalue weighted by atomic mass is 35.5. The average Bonchev–Trinajstić information content (AvgIpc) is 3.04. The number of carbonyl (C=O) groups is 1. The van der Waals surface area contributed by atoms with Crippen molar-refractivity contribution in [2.24, 2.45) is 0 Å². The summed E-state index contributed by atoms with van der Waals surface area (Å²) in [6.07, 6.45) is 1.76. The summed E-state index contributed by atoms with van der Waals surface area (Å²) in [5.74, 6) is -0.970. The fourth-order valence-electron chi connectivity index (χ4n) is 2.36. The number of aromatic nitrogens is 3. The summed E-state index contributed by atoms with van der Waals surface area (Å²) in [5, 5.41) is 27.1. The normalized spacial score (nSPS) is 10.8. The molecule has 122 valence electrons. The Morgan fingerprint density at radius 1 is 1.12 bits per heavy atom. The number of hydrogen-bond acceptors (Lipinski definition) is 4. The van der Waals surface area contributed by atoms with Crippen molar-refractivity contribution in [2.45, 2.75) is 13.2 Å². The first-order chi connectivity index (χ1) is 11.6. The molecule has 2 N–H and O–H groups in total. The van der Waals surface area contributed by atoms with Gasteiger partial charge in [0.15, 0.2) is 0 Å². The maximum absolute atomic E-state index is 10.9. The number of halogens is 1. The van der Waals surface area contributed by atoms with Crippen LogP contribution in [0.4, 0.5) is 0 Å². The second kappa shape index (κ2) is 6.82. The smallest absolute Gasteiger partial charge is 0.335 e. The molecule has 0 fully saturated rings. The van der Waals surface area contributed by atoms with Crippen LogP contribution in [-0.2, 0) is 13.2 Å². The molecule has 0 radical (unpaired) electrons. The first-order valence-corrected chi connectivity index (χ1v) is 7.56. The molecule has 0 aliphatic heterocycles. The monoisotopic (exact) mass is 343 g/mol. The van der Waals surface area contributed by atoms with Gasteiger partial charge in [-0.3, -0.25) is 0 Å². The zero-order chi connectivity index (χ0) is 17.1. The number of benzene rings is 2. The van der Waals surface area contributed by atoms with Crippen molar-refractivity contribution in [1.82, 2.24) is 15.0 Å². The van der Waals surface area contributed by atoms with E-state index in [1.165, 1.54) is 12.1 Å². The molecule has 3 aromatic rings. The van der Waals surface area contributed by atoms with Crippen LogP contribution in [0.15, 0.2) is 48.7 Å². The Bertz CT molecular complexity index is 875. The van der Waals surface area contributed by atoms with Crippen LogP contribution in [0, 0.1) is 0 Å². The number of rotatable bonds is 5. The van der Waals surface area contributed by atoms with Gasteiger partial charge in [0, 0.05) is 10.6 Å². The van der Waals surface area contributed by atoms with E-state index in [9.17, 15) is 9.90 Å². The number of hydrogen-bond donors (Lipinski definition) is 2. The van der Waals surface area contributed by atoms with Crippen molar-refractivity contribution in [3.63, 3.8) is 0 Å². The topological polar surface area (TPSA) is 88.2 Å². The third-order valence-corrected chi connectivity index (χ3v) is 3.87. The first kappa shape index (κ1) is 16.2. The molecule has 0 atom stereocenters. The number of aromatic carboxylic acids is 1. The molecule has 0 saturated heterocycles. The number of nitrogens with zero attached hydrogens (tertiary/aromatic N) is 3. The Kier molecular flexibility index (Phi) is 4.59. The lowest BCUT2D eigenvalue weighted by molar-refractivity contribution is 0.0697. The zero-order valence-electron chi connectivity index (χ0n) is 12.6. The van der Waals surface area contributed by atoms with Crippen LogP contribution in [0.2, 0.25) is 5.02 Å². The average molecular weight is 344 g/mol. The maximum Gasteiger partial charge on any atom is 0.335 e. The fraction of sp³-hybridized carbons (Fsp3) is 0.118. The lowest BCUT2D eigenvalue weighted by Gasteiger charge is -2.07. The molecule has 0 spiro atoms. The summed E-state index contributed by atoms with van der Waals surface area (Å²) in [6, 6.07) is 11.7. The van der Waals surface area contributed by atoms with Gasteiger partial charge in [-0.05, 0) is 35.4 Å². The van der Waals surface area contributed by atoms with E-state index < -0.39 is 5.97 Å². The second-order valence-electron chi connectivity index (χ2n) is 5.26. The van der Waals surface area contributed by atoms with E-state index in [-0.39, 0.29) is 12.2 Å². The molecule has 7 heteroatoms. The molecule has 1 heterocycles. The largest absolute Gasteiger partial charge is 0.478 e. The van der Waals surface area contributed by atoms with E-state index in [2.05, 4.69) is 10.3 Å². The van der Waals surface area contributed by atoms with Crippen molar-refractivity contribution in [3.05, 3.63) is 70.4 Å². The van der Waals surface area contributed by atoms with Crippen molar-refractivity contribution >= 4 is 17.6 Å². The van der Waals surface area contributed by atoms with E-state index in [4.69, 9.17) is 16.7 Å². The molecule has 6 nitrogen and oxygen atoms in total. The van der Waals surface area contributed by atoms with Crippen molar-refractivity contribution in [1.29, 1.82) is 0 Å². The highest BCUT2D eigenvalue weighted by Crippen LogP contribution is 2.20. The third-order valence-electron chi connectivity index (χ3n) is 3.64. The standard InChI is InChI=1S/C17H14ClN3O3/c18-15-6-5-13(10-22)14(7-15)8-21-9-16(19-20-21)11-1-3-12(4-2-11)17(23)24/h1-7,9,22H,8,10H2,(H,23,24). The highest BCUT2D eigenvalue weighted by molar-refractivity contribution is 6.30. The van der Waals surface area contributed by atoms with Crippen LogP contribution in [0.1, 0.15) is 21.5 Å². The quantitative estimate of drug-likeness (QED) is 0.743.